The molecule has 0 aliphatic carbocycles. The van der Waals surface area contributed by atoms with E-state index in [1.165, 1.54) is 26.4 Å². The summed E-state index contributed by atoms with van der Waals surface area (Å²) in [4.78, 5) is 25.5. The average Bonchev–Trinajstić information content (AvgIpc) is 2.93. The lowest BCUT2D eigenvalue weighted by atomic mass is 10.0. The van der Waals surface area contributed by atoms with Gasteiger partial charge in [0, 0.05) is 23.6 Å². The number of nitrogens with one attached hydrogen (secondary N) is 1. The second-order valence-electron chi connectivity index (χ2n) is 8.63. The van der Waals surface area contributed by atoms with Crippen LogP contribution < -0.4 is 29.9 Å². The highest BCUT2D eigenvalue weighted by atomic mass is 16.6. The number of rotatable bonds is 7. The van der Waals surface area contributed by atoms with Crippen LogP contribution in [0.2, 0.25) is 0 Å². The molecular formula is C28H25NO9. The van der Waals surface area contributed by atoms with E-state index in [1.807, 2.05) is 0 Å². The molecule has 0 spiro atoms. The van der Waals surface area contributed by atoms with Crippen LogP contribution in [-0.4, -0.2) is 43.0 Å². The predicted octanol–water partition coefficient (Wildman–Crippen LogP) is 3.46. The molecule has 10 nitrogen and oxygen atoms in total. The van der Waals surface area contributed by atoms with E-state index in [4.69, 9.17) is 23.4 Å². The van der Waals surface area contributed by atoms with Gasteiger partial charge in [0.05, 0.1) is 14.2 Å². The fourth-order valence-electron chi connectivity index (χ4n) is 4.29. The number of phenols is 2. The highest BCUT2D eigenvalue weighted by molar-refractivity contribution is 5.90. The van der Waals surface area contributed by atoms with Gasteiger partial charge in [0.1, 0.15) is 5.75 Å². The summed E-state index contributed by atoms with van der Waals surface area (Å²) < 4.78 is 28.7. The number of ether oxygens (including phenoxy) is 4. The number of fused-ring (bicyclic) bond motifs is 3. The summed E-state index contributed by atoms with van der Waals surface area (Å²) in [5, 5.41) is 23.0. The molecule has 3 aromatic carbocycles. The van der Waals surface area contributed by atoms with Crippen molar-refractivity contribution < 1.29 is 38.4 Å². The third kappa shape index (κ3) is 4.75. The molecule has 0 fully saturated rings. The first-order valence-electron chi connectivity index (χ1n) is 11.8. The maximum atomic E-state index is 13.5. The average molecular weight is 520 g/mol. The van der Waals surface area contributed by atoms with Gasteiger partial charge in [-0.2, -0.15) is 0 Å². The minimum absolute atomic E-state index is 0.0673. The van der Waals surface area contributed by atoms with Crippen molar-refractivity contribution in [3.05, 3.63) is 82.2 Å². The first kappa shape index (κ1) is 24.8. The molecule has 1 amide bonds. The molecule has 196 valence electrons. The summed E-state index contributed by atoms with van der Waals surface area (Å²) in [6.45, 7) is 0.288. The van der Waals surface area contributed by atoms with Gasteiger partial charge in [0.25, 0.3) is 5.91 Å². The third-order valence-corrected chi connectivity index (χ3v) is 6.21. The van der Waals surface area contributed by atoms with Gasteiger partial charge < -0.3 is 38.9 Å². The second-order valence-corrected chi connectivity index (χ2v) is 8.63. The van der Waals surface area contributed by atoms with Crippen LogP contribution in [0.1, 0.15) is 17.2 Å². The molecule has 2 atom stereocenters. The molecule has 1 aliphatic rings. The number of aromatic hydroxyl groups is 2. The fourth-order valence-corrected chi connectivity index (χ4v) is 4.29. The Kier molecular flexibility index (Phi) is 6.69. The number of hydrogen-bond acceptors (Lipinski definition) is 9. The van der Waals surface area contributed by atoms with Crippen molar-refractivity contribution in [2.45, 2.75) is 18.6 Å². The third-order valence-electron chi connectivity index (χ3n) is 6.21. The van der Waals surface area contributed by atoms with E-state index in [2.05, 4.69) is 5.32 Å². The molecular weight excluding hydrogens is 494 g/mol. The number of methoxy groups -OCH3 is 2. The van der Waals surface area contributed by atoms with E-state index in [9.17, 15) is 19.8 Å². The SMILES string of the molecule is COc1cc([C@H]2Oc3c(OC)cc4ccc(=O)oc4c3O[C@H]2C(=O)NCCc2ccc(O)cc2)ccc1O. The largest absolute Gasteiger partial charge is 0.508 e. The Labute approximate surface area is 216 Å². The fraction of sp³-hybridized carbons (Fsp3) is 0.214. The topological polar surface area (TPSA) is 137 Å². The van der Waals surface area contributed by atoms with Crippen molar-refractivity contribution in [3.63, 3.8) is 0 Å². The quantitative estimate of drug-likeness (QED) is 0.314. The Morgan fingerprint density at radius 2 is 1.68 bits per heavy atom. The Bertz CT molecular complexity index is 1540. The smallest absolute Gasteiger partial charge is 0.336 e. The van der Waals surface area contributed by atoms with Gasteiger partial charge in [-0.25, -0.2) is 4.79 Å². The van der Waals surface area contributed by atoms with Gasteiger partial charge in [-0.1, -0.05) is 18.2 Å². The van der Waals surface area contributed by atoms with Crippen molar-refractivity contribution >= 4 is 16.9 Å². The number of benzene rings is 3. The number of carbonyl (C=O) groups excluding carboxylic acids is 1. The normalized spacial score (nSPS) is 16.2. The summed E-state index contributed by atoms with van der Waals surface area (Å²) in [5.41, 5.74) is 0.956. The summed E-state index contributed by atoms with van der Waals surface area (Å²) in [6, 6.07) is 15.8. The molecule has 38 heavy (non-hydrogen) atoms. The van der Waals surface area contributed by atoms with Gasteiger partial charge in [0.2, 0.25) is 17.6 Å². The maximum Gasteiger partial charge on any atom is 0.336 e. The van der Waals surface area contributed by atoms with Gasteiger partial charge >= 0.3 is 5.63 Å². The van der Waals surface area contributed by atoms with Crippen LogP contribution in [-0.2, 0) is 11.2 Å². The standard InChI is InChI=1S/C28H25NO9/c1-34-20-13-16(5-9-19(20)31)24-27(28(33)29-12-11-15-3-7-18(30)8-4-15)38-26-23-17(6-10-22(32)36-23)14-21(35-2)25(26)37-24/h3-10,13-14,24,27,30-31H,11-12H2,1-2H3,(H,29,33)/t24-,27-/m1/s1. The highest BCUT2D eigenvalue weighted by Crippen LogP contribution is 2.50. The molecule has 1 aromatic heterocycles. The van der Waals surface area contributed by atoms with Crippen LogP contribution in [0.4, 0.5) is 0 Å². The lowest BCUT2D eigenvalue weighted by Gasteiger charge is -2.34. The Morgan fingerprint density at radius 1 is 0.921 bits per heavy atom. The molecule has 3 N–H and O–H groups in total. The molecule has 5 rings (SSSR count). The first-order chi connectivity index (χ1) is 18.4. The Balaban J connectivity index is 1.52. The number of amides is 1. The van der Waals surface area contributed by atoms with E-state index >= 15 is 0 Å². The lowest BCUT2D eigenvalue weighted by molar-refractivity contribution is -0.134. The van der Waals surface area contributed by atoms with Crippen molar-refractivity contribution in [2.24, 2.45) is 0 Å². The van der Waals surface area contributed by atoms with E-state index in [0.29, 0.717) is 23.1 Å². The minimum Gasteiger partial charge on any atom is -0.508 e. The van der Waals surface area contributed by atoms with Crippen molar-refractivity contribution in [1.82, 2.24) is 5.32 Å². The Hall–Kier alpha value is -4.86. The Morgan fingerprint density at radius 3 is 2.42 bits per heavy atom. The molecule has 0 unspecified atom stereocenters. The van der Waals surface area contributed by atoms with Crippen LogP contribution in [0.15, 0.2) is 69.9 Å². The second kappa shape index (κ2) is 10.3. The first-order valence-corrected chi connectivity index (χ1v) is 11.8. The van der Waals surface area contributed by atoms with Gasteiger partial charge in [-0.05, 0) is 48.4 Å². The van der Waals surface area contributed by atoms with Gasteiger partial charge in [-0.3, -0.25) is 4.79 Å². The van der Waals surface area contributed by atoms with E-state index in [1.54, 1.807) is 48.5 Å². The zero-order valence-electron chi connectivity index (χ0n) is 20.6. The number of phenolic OH excluding ortho intramolecular Hbond substituents is 2. The monoisotopic (exact) mass is 519 g/mol. The zero-order valence-corrected chi connectivity index (χ0v) is 20.6. The van der Waals surface area contributed by atoms with Crippen LogP contribution >= 0.6 is 0 Å². The van der Waals surface area contributed by atoms with E-state index in [0.717, 1.165) is 5.56 Å². The van der Waals surface area contributed by atoms with Crippen molar-refractivity contribution in [2.75, 3.05) is 20.8 Å². The predicted molar refractivity (Wildman–Crippen MR) is 136 cm³/mol. The van der Waals surface area contributed by atoms with Crippen LogP contribution in [0.3, 0.4) is 0 Å². The molecule has 1 aliphatic heterocycles. The molecule has 2 heterocycles. The zero-order chi connectivity index (χ0) is 26.8. The summed E-state index contributed by atoms with van der Waals surface area (Å²) in [5.74, 6) is 0.362. The van der Waals surface area contributed by atoms with Crippen LogP contribution in [0, 0.1) is 0 Å². The lowest BCUT2D eigenvalue weighted by Crippen LogP contribution is -2.46. The number of carbonyl (C=O) groups is 1. The minimum atomic E-state index is -1.20. The van der Waals surface area contributed by atoms with Gasteiger partial charge in [0.15, 0.2) is 28.9 Å². The maximum absolute atomic E-state index is 13.5. The van der Waals surface area contributed by atoms with Crippen molar-refractivity contribution in [3.8, 4) is 34.5 Å². The molecule has 0 bridgehead atoms. The van der Waals surface area contributed by atoms with Crippen LogP contribution in [0.5, 0.6) is 34.5 Å². The molecule has 0 saturated heterocycles. The van der Waals surface area contributed by atoms with Gasteiger partial charge in [-0.15, -0.1) is 0 Å². The summed E-state index contributed by atoms with van der Waals surface area (Å²) >= 11 is 0. The van der Waals surface area contributed by atoms with E-state index < -0.39 is 23.7 Å². The molecule has 0 saturated carbocycles. The summed E-state index contributed by atoms with van der Waals surface area (Å²) in [6.07, 6.45) is -1.65. The van der Waals surface area contributed by atoms with Crippen LogP contribution in [0.25, 0.3) is 11.0 Å². The molecule has 4 aromatic rings. The van der Waals surface area contributed by atoms with E-state index in [-0.39, 0.29) is 40.9 Å². The highest BCUT2D eigenvalue weighted by Gasteiger charge is 2.41. The molecule has 10 heteroatoms. The molecule has 0 radical (unpaired) electrons. The number of hydrogen-bond donors (Lipinski definition) is 3. The van der Waals surface area contributed by atoms with Crippen molar-refractivity contribution in [1.29, 1.82) is 0 Å². The summed E-state index contributed by atoms with van der Waals surface area (Å²) in [7, 11) is 2.88.